The molecule has 2 aliphatic rings. The first-order chi connectivity index (χ1) is 12.9. The zero-order valence-electron chi connectivity index (χ0n) is 17.5. The number of likely N-dealkylation sites (tertiary alicyclic amines) is 1. The maximum atomic E-state index is 5.90. The molecule has 1 fully saturated rings. The van der Waals surface area contributed by atoms with Crippen molar-refractivity contribution in [2.75, 3.05) is 27.2 Å². The van der Waals surface area contributed by atoms with E-state index in [2.05, 4.69) is 60.4 Å². The Morgan fingerprint density at radius 1 is 1.33 bits per heavy atom. The largest absolute Gasteiger partial charge is 0.496 e. The van der Waals surface area contributed by atoms with Crippen LogP contribution in [0.5, 0.6) is 11.5 Å². The lowest BCUT2D eigenvalue weighted by molar-refractivity contribution is 0.254. The second-order valence-electron chi connectivity index (χ2n) is 8.11. The lowest BCUT2D eigenvalue weighted by Crippen LogP contribution is -2.46. The smallest absolute Gasteiger partial charge is 0.191 e. The Morgan fingerprint density at radius 2 is 2.11 bits per heavy atom. The molecule has 3 rings (SSSR count). The fourth-order valence-electron chi connectivity index (χ4n) is 3.97. The highest BCUT2D eigenvalue weighted by Crippen LogP contribution is 2.34. The molecule has 1 aromatic carbocycles. The van der Waals surface area contributed by atoms with E-state index in [1.807, 2.05) is 7.05 Å². The van der Waals surface area contributed by atoms with Gasteiger partial charge in [0.2, 0.25) is 0 Å². The van der Waals surface area contributed by atoms with Crippen LogP contribution in [0.2, 0.25) is 0 Å². The Hall–Kier alpha value is -1.95. The van der Waals surface area contributed by atoms with Crippen LogP contribution in [0.15, 0.2) is 17.1 Å². The molecule has 0 aromatic heterocycles. The van der Waals surface area contributed by atoms with Gasteiger partial charge in [-0.1, -0.05) is 6.92 Å². The lowest BCUT2D eigenvalue weighted by Gasteiger charge is -2.22. The van der Waals surface area contributed by atoms with Crippen molar-refractivity contribution in [2.45, 2.75) is 58.8 Å². The van der Waals surface area contributed by atoms with Crippen LogP contribution in [-0.2, 0) is 13.0 Å². The van der Waals surface area contributed by atoms with E-state index in [0.717, 1.165) is 42.5 Å². The van der Waals surface area contributed by atoms with Gasteiger partial charge in [-0.25, -0.2) is 0 Å². The van der Waals surface area contributed by atoms with Gasteiger partial charge < -0.3 is 20.1 Å². The van der Waals surface area contributed by atoms with Gasteiger partial charge in [0.15, 0.2) is 5.96 Å². The number of fused-ring (bicyclic) bond motifs is 1. The minimum absolute atomic E-state index is 0.232. The summed E-state index contributed by atoms with van der Waals surface area (Å²) in [6.45, 7) is 11.7. The minimum Gasteiger partial charge on any atom is -0.496 e. The van der Waals surface area contributed by atoms with Crippen molar-refractivity contribution in [3.8, 4) is 11.5 Å². The van der Waals surface area contributed by atoms with Gasteiger partial charge in [-0.3, -0.25) is 9.89 Å². The van der Waals surface area contributed by atoms with E-state index in [0.29, 0.717) is 24.5 Å². The van der Waals surface area contributed by atoms with E-state index in [1.165, 1.54) is 5.56 Å². The average molecular weight is 375 g/mol. The highest BCUT2D eigenvalue weighted by Gasteiger charge is 2.31. The van der Waals surface area contributed by atoms with Gasteiger partial charge in [-0.15, -0.1) is 0 Å². The molecule has 6 nitrogen and oxygen atoms in total. The molecule has 27 heavy (non-hydrogen) atoms. The molecule has 3 atom stereocenters. The van der Waals surface area contributed by atoms with Crippen molar-refractivity contribution in [1.29, 1.82) is 0 Å². The first-order valence-electron chi connectivity index (χ1n) is 9.99. The van der Waals surface area contributed by atoms with E-state index >= 15 is 0 Å². The van der Waals surface area contributed by atoms with Crippen molar-refractivity contribution < 1.29 is 9.47 Å². The molecule has 6 heteroatoms. The second kappa shape index (κ2) is 8.38. The van der Waals surface area contributed by atoms with E-state index < -0.39 is 0 Å². The quantitative estimate of drug-likeness (QED) is 0.612. The van der Waals surface area contributed by atoms with Crippen LogP contribution in [0.1, 0.15) is 38.8 Å². The van der Waals surface area contributed by atoms with Gasteiger partial charge in [-0.05, 0) is 38.8 Å². The number of ether oxygens (including phenoxy) is 2. The van der Waals surface area contributed by atoms with Crippen LogP contribution in [0.25, 0.3) is 0 Å². The van der Waals surface area contributed by atoms with Crippen molar-refractivity contribution >= 4 is 5.96 Å². The van der Waals surface area contributed by atoms with Gasteiger partial charge in [-0.2, -0.15) is 0 Å². The molecule has 2 heterocycles. The predicted octanol–water partition coefficient (Wildman–Crippen LogP) is 2.41. The average Bonchev–Trinajstić information content (AvgIpc) is 3.18. The number of hydrogen-bond donors (Lipinski definition) is 2. The number of aliphatic imine (C=N–C) groups is 1. The summed E-state index contributed by atoms with van der Waals surface area (Å²) < 4.78 is 11.5. The molecular weight excluding hydrogens is 340 g/mol. The normalized spacial score (nSPS) is 25.4. The molecule has 0 spiro atoms. The monoisotopic (exact) mass is 374 g/mol. The van der Waals surface area contributed by atoms with E-state index in [9.17, 15) is 0 Å². The van der Waals surface area contributed by atoms with Crippen molar-refractivity contribution in [3.63, 3.8) is 0 Å². The van der Waals surface area contributed by atoms with Gasteiger partial charge in [0, 0.05) is 56.3 Å². The molecule has 0 amide bonds. The molecule has 150 valence electrons. The third-order valence-corrected chi connectivity index (χ3v) is 5.66. The molecule has 0 bridgehead atoms. The number of nitrogens with one attached hydrogen (secondary N) is 2. The van der Waals surface area contributed by atoms with Gasteiger partial charge in [0.05, 0.1) is 7.11 Å². The summed E-state index contributed by atoms with van der Waals surface area (Å²) >= 11 is 0. The molecule has 1 aromatic rings. The SMILES string of the molecule is CN=C(NCc1cc2c(cc1OC)CC(C)O2)NC1CN(C(C)C)CC1C. The predicted molar refractivity (Wildman–Crippen MR) is 110 cm³/mol. The summed E-state index contributed by atoms with van der Waals surface area (Å²) in [6, 6.07) is 5.18. The molecular formula is C21H34N4O2. The topological polar surface area (TPSA) is 58.1 Å². The van der Waals surface area contributed by atoms with Crippen LogP contribution in [0, 0.1) is 5.92 Å². The second-order valence-corrected chi connectivity index (χ2v) is 8.11. The Bertz CT molecular complexity index is 689. The molecule has 2 N–H and O–H groups in total. The Morgan fingerprint density at radius 3 is 2.74 bits per heavy atom. The van der Waals surface area contributed by atoms with Gasteiger partial charge >= 0.3 is 0 Å². The van der Waals surface area contributed by atoms with Crippen LogP contribution in [-0.4, -0.2) is 56.3 Å². The highest BCUT2D eigenvalue weighted by atomic mass is 16.5. The van der Waals surface area contributed by atoms with Crippen LogP contribution < -0.4 is 20.1 Å². The number of guanidine groups is 1. The fourth-order valence-corrected chi connectivity index (χ4v) is 3.97. The summed E-state index contributed by atoms with van der Waals surface area (Å²) in [7, 11) is 3.54. The van der Waals surface area contributed by atoms with Crippen molar-refractivity contribution in [1.82, 2.24) is 15.5 Å². The summed E-state index contributed by atoms with van der Waals surface area (Å²) in [6.07, 6.45) is 1.17. The molecule has 0 saturated carbocycles. The summed E-state index contributed by atoms with van der Waals surface area (Å²) in [5.41, 5.74) is 2.30. The third-order valence-electron chi connectivity index (χ3n) is 5.66. The van der Waals surface area contributed by atoms with Crippen LogP contribution in [0.3, 0.4) is 0 Å². The zero-order valence-corrected chi connectivity index (χ0v) is 17.5. The third kappa shape index (κ3) is 4.49. The number of rotatable bonds is 5. The molecule has 0 aliphatic carbocycles. The minimum atomic E-state index is 0.232. The van der Waals surface area contributed by atoms with E-state index in [4.69, 9.17) is 9.47 Å². The van der Waals surface area contributed by atoms with Crippen LogP contribution >= 0.6 is 0 Å². The molecule has 2 aliphatic heterocycles. The summed E-state index contributed by atoms with van der Waals surface area (Å²) in [4.78, 5) is 6.93. The lowest BCUT2D eigenvalue weighted by atomic mass is 10.1. The first kappa shape index (κ1) is 19.8. The first-order valence-corrected chi connectivity index (χ1v) is 9.99. The Kier molecular flexibility index (Phi) is 6.15. The maximum Gasteiger partial charge on any atom is 0.191 e. The number of nitrogens with zero attached hydrogens (tertiary/aromatic N) is 2. The van der Waals surface area contributed by atoms with E-state index in [1.54, 1.807) is 7.11 Å². The molecule has 3 unspecified atom stereocenters. The molecule has 0 radical (unpaired) electrons. The fraction of sp³-hybridized carbons (Fsp3) is 0.667. The number of hydrogen-bond acceptors (Lipinski definition) is 4. The van der Waals surface area contributed by atoms with Crippen molar-refractivity contribution in [2.24, 2.45) is 10.9 Å². The Balaban J connectivity index is 1.63. The Labute approximate surface area is 163 Å². The molecule has 1 saturated heterocycles. The van der Waals surface area contributed by atoms with Gasteiger partial charge in [0.1, 0.15) is 17.6 Å². The summed E-state index contributed by atoms with van der Waals surface area (Å²) in [5, 5.41) is 7.03. The van der Waals surface area contributed by atoms with E-state index in [-0.39, 0.29) is 6.10 Å². The standard InChI is InChI=1S/C21H34N4O2/c1-13(2)25-11-14(3)18(12-25)24-21(22-5)23-10-17-9-20-16(7-15(4)27-20)8-19(17)26-6/h8-9,13-15,18H,7,10-12H2,1-6H3,(H2,22,23,24). The summed E-state index contributed by atoms with van der Waals surface area (Å²) in [5.74, 6) is 3.29. The van der Waals surface area contributed by atoms with Gasteiger partial charge in [0.25, 0.3) is 0 Å². The number of benzene rings is 1. The van der Waals surface area contributed by atoms with Crippen LogP contribution in [0.4, 0.5) is 0 Å². The maximum absolute atomic E-state index is 5.90. The zero-order chi connectivity index (χ0) is 19.6. The van der Waals surface area contributed by atoms with Crippen molar-refractivity contribution in [3.05, 3.63) is 23.3 Å². The number of methoxy groups -OCH3 is 1. The highest BCUT2D eigenvalue weighted by molar-refractivity contribution is 5.80.